The van der Waals surface area contributed by atoms with Crippen molar-refractivity contribution >= 4 is 0 Å². The Morgan fingerprint density at radius 1 is 1.22 bits per heavy atom. The van der Waals surface area contributed by atoms with Gasteiger partial charge >= 0.3 is 0 Å². The number of hydrogen-bond acceptors (Lipinski definition) is 5. The zero-order valence-electron chi connectivity index (χ0n) is 15.9. The Morgan fingerprint density at radius 3 is 2.41 bits per heavy atom. The number of rotatable bonds is 5. The largest absolute Gasteiger partial charge is 0.497 e. The first-order chi connectivity index (χ1) is 12.8. The number of ether oxygens (including phenoxy) is 1. The molecular weight excluding hydrogens is 344 g/mol. The fourth-order valence-electron chi connectivity index (χ4n) is 4.04. The van der Waals surface area contributed by atoms with Gasteiger partial charge < -0.3 is 9.84 Å². The summed E-state index contributed by atoms with van der Waals surface area (Å²) in [5, 5.41) is 22.7. The highest BCUT2D eigenvalue weighted by Crippen LogP contribution is 2.42. The molecule has 0 aliphatic carbocycles. The summed E-state index contributed by atoms with van der Waals surface area (Å²) < 4.78 is 5.22. The zero-order valence-corrected chi connectivity index (χ0v) is 15.9. The molecule has 1 heterocycles. The van der Waals surface area contributed by atoms with Crippen LogP contribution in [0.4, 0.5) is 0 Å². The summed E-state index contributed by atoms with van der Waals surface area (Å²) in [6, 6.07) is 15.6. The maximum atomic E-state index is 11.9. The van der Waals surface area contributed by atoms with Gasteiger partial charge in [0.05, 0.1) is 7.11 Å². The highest BCUT2D eigenvalue weighted by Gasteiger charge is 2.54. The van der Waals surface area contributed by atoms with Crippen LogP contribution in [-0.2, 0) is 0 Å². The fourth-order valence-corrected chi connectivity index (χ4v) is 4.04. The molecule has 0 unspecified atom stereocenters. The molecule has 1 saturated heterocycles. The normalized spacial score (nSPS) is 27.1. The molecule has 1 aliphatic rings. The third-order valence-corrected chi connectivity index (χ3v) is 5.63. The first-order valence-corrected chi connectivity index (χ1v) is 9.15. The fraction of sp³-hybridized carbons (Fsp3) is 0.429. The molecule has 0 bridgehead atoms. The smallest absolute Gasteiger partial charge is 0.260 e. The van der Waals surface area contributed by atoms with Crippen molar-refractivity contribution in [3.63, 3.8) is 0 Å². The highest BCUT2D eigenvalue weighted by atomic mass is 16.6. The Morgan fingerprint density at radius 2 is 1.85 bits per heavy atom. The Hall–Kier alpha value is -2.44. The van der Waals surface area contributed by atoms with Crippen LogP contribution in [0.3, 0.4) is 0 Å². The number of benzene rings is 2. The van der Waals surface area contributed by atoms with E-state index >= 15 is 0 Å². The Balaban J connectivity index is 2.02. The lowest BCUT2D eigenvalue weighted by molar-refractivity contribution is -0.559. The summed E-state index contributed by atoms with van der Waals surface area (Å²) in [5.41, 5.74) is 0.542. The van der Waals surface area contributed by atoms with Crippen LogP contribution in [0.1, 0.15) is 43.5 Å². The second-order valence-electron chi connectivity index (χ2n) is 7.38. The molecule has 1 fully saturated rings. The lowest BCUT2D eigenvalue weighted by Gasteiger charge is -2.46. The van der Waals surface area contributed by atoms with Crippen LogP contribution in [0, 0.1) is 10.1 Å². The number of nitrogens with zero attached hydrogens (tertiary/aromatic N) is 2. The Kier molecular flexibility index (Phi) is 5.48. The van der Waals surface area contributed by atoms with E-state index in [1.807, 2.05) is 54.6 Å². The summed E-state index contributed by atoms with van der Waals surface area (Å²) in [7, 11) is 1.62. The summed E-state index contributed by atoms with van der Waals surface area (Å²) in [6.45, 7) is 4.20. The molecule has 0 amide bonds. The van der Waals surface area contributed by atoms with E-state index < -0.39 is 17.7 Å². The van der Waals surface area contributed by atoms with E-state index in [1.54, 1.807) is 14.0 Å². The molecule has 6 nitrogen and oxygen atoms in total. The molecule has 0 spiro atoms. The summed E-state index contributed by atoms with van der Waals surface area (Å²) >= 11 is 0. The number of likely N-dealkylation sites (tertiary alicyclic amines) is 1. The molecule has 4 atom stereocenters. The van der Waals surface area contributed by atoms with E-state index in [2.05, 4.69) is 11.8 Å². The van der Waals surface area contributed by atoms with Gasteiger partial charge in [-0.2, -0.15) is 0 Å². The van der Waals surface area contributed by atoms with E-state index in [1.165, 1.54) is 0 Å². The van der Waals surface area contributed by atoms with Gasteiger partial charge in [0.25, 0.3) is 6.04 Å². The molecule has 1 aliphatic heterocycles. The zero-order chi connectivity index (χ0) is 19.6. The summed E-state index contributed by atoms with van der Waals surface area (Å²) in [5.74, 6) is 0.773. The van der Waals surface area contributed by atoms with Gasteiger partial charge in [0.1, 0.15) is 17.4 Å². The Labute approximate surface area is 159 Å². The molecule has 2 aromatic rings. The van der Waals surface area contributed by atoms with Crippen molar-refractivity contribution in [3.8, 4) is 5.75 Å². The van der Waals surface area contributed by atoms with E-state index in [0.29, 0.717) is 13.0 Å². The van der Waals surface area contributed by atoms with Crippen molar-refractivity contribution in [2.24, 2.45) is 0 Å². The lowest BCUT2D eigenvalue weighted by atomic mass is 9.79. The number of hydrogen-bond donors (Lipinski definition) is 1. The van der Waals surface area contributed by atoms with Gasteiger partial charge in [0.2, 0.25) is 0 Å². The van der Waals surface area contributed by atoms with Gasteiger partial charge in [-0.05, 0) is 43.5 Å². The molecule has 1 N–H and O–H groups in total. The van der Waals surface area contributed by atoms with Crippen molar-refractivity contribution in [3.05, 3.63) is 75.8 Å². The lowest BCUT2D eigenvalue weighted by Crippen LogP contribution is -2.59. The Bertz CT molecular complexity index is 777. The quantitative estimate of drug-likeness (QED) is 0.643. The van der Waals surface area contributed by atoms with E-state index in [4.69, 9.17) is 4.74 Å². The number of nitro groups is 1. The topological polar surface area (TPSA) is 75.8 Å². The third-order valence-electron chi connectivity index (χ3n) is 5.63. The predicted octanol–water partition coefficient (Wildman–Crippen LogP) is 3.60. The minimum Gasteiger partial charge on any atom is -0.497 e. The molecule has 0 saturated carbocycles. The SMILES string of the molecule is COc1ccc([C@H](C)N2CC[C@@](C)(O)[C@@H]([N+](=O)[O-])[C@@H]2c2ccccc2)cc1. The third kappa shape index (κ3) is 3.82. The number of methoxy groups -OCH3 is 1. The van der Waals surface area contributed by atoms with Gasteiger partial charge in [-0.25, -0.2) is 0 Å². The van der Waals surface area contributed by atoms with E-state index in [-0.39, 0.29) is 11.0 Å². The summed E-state index contributed by atoms with van der Waals surface area (Å²) in [4.78, 5) is 13.7. The molecule has 3 rings (SSSR count). The summed E-state index contributed by atoms with van der Waals surface area (Å²) in [6.07, 6.45) is 0.350. The number of piperidine rings is 1. The molecular formula is C21H26N2O4. The highest BCUT2D eigenvalue weighted by molar-refractivity contribution is 5.30. The van der Waals surface area contributed by atoms with Crippen molar-refractivity contribution in [2.45, 2.75) is 44.0 Å². The standard InChI is InChI=1S/C21H26N2O4/c1-15(16-9-11-18(27-3)12-10-16)22-14-13-21(2,24)20(23(25)26)19(22)17-7-5-4-6-8-17/h4-12,15,19-20,24H,13-14H2,1-3H3/t15-,19-,20-,21+/m0/s1. The second-order valence-corrected chi connectivity index (χ2v) is 7.38. The van der Waals surface area contributed by atoms with Crippen LogP contribution < -0.4 is 4.74 Å². The van der Waals surface area contributed by atoms with Gasteiger partial charge in [0.15, 0.2) is 0 Å². The van der Waals surface area contributed by atoms with Gasteiger partial charge in [-0.15, -0.1) is 0 Å². The molecule has 27 heavy (non-hydrogen) atoms. The maximum Gasteiger partial charge on any atom is 0.260 e. The molecule has 6 heteroatoms. The molecule has 2 aromatic carbocycles. The number of aliphatic hydroxyl groups is 1. The minimum absolute atomic E-state index is 0.0420. The molecule has 0 aromatic heterocycles. The second kappa shape index (κ2) is 7.66. The van der Waals surface area contributed by atoms with E-state index in [0.717, 1.165) is 16.9 Å². The molecule has 144 valence electrons. The van der Waals surface area contributed by atoms with Crippen LogP contribution in [0.2, 0.25) is 0 Å². The predicted molar refractivity (Wildman–Crippen MR) is 103 cm³/mol. The van der Waals surface area contributed by atoms with Crippen molar-refractivity contribution in [2.75, 3.05) is 13.7 Å². The van der Waals surface area contributed by atoms with Gasteiger partial charge in [0, 0.05) is 17.5 Å². The van der Waals surface area contributed by atoms with Gasteiger partial charge in [-0.1, -0.05) is 42.5 Å². The van der Waals surface area contributed by atoms with Crippen molar-refractivity contribution in [1.29, 1.82) is 0 Å². The van der Waals surface area contributed by atoms with Gasteiger partial charge in [-0.3, -0.25) is 15.0 Å². The van der Waals surface area contributed by atoms with Crippen LogP contribution in [0.25, 0.3) is 0 Å². The monoisotopic (exact) mass is 370 g/mol. The van der Waals surface area contributed by atoms with Crippen LogP contribution in [-0.4, -0.2) is 40.2 Å². The van der Waals surface area contributed by atoms with Crippen LogP contribution >= 0.6 is 0 Å². The van der Waals surface area contributed by atoms with Crippen molar-refractivity contribution in [1.82, 2.24) is 4.90 Å². The van der Waals surface area contributed by atoms with Crippen LogP contribution in [0.15, 0.2) is 54.6 Å². The maximum absolute atomic E-state index is 11.9. The van der Waals surface area contributed by atoms with Crippen molar-refractivity contribution < 1.29 is 14.8 Å². The average molecular weight is 370 g/mol. The van der Waals surface area contributed by atoms with E-state index in [9.17, 15) is 15.2 Å². The first kappa shape index (κ1) is 19.3. The molecule has 0 radical (unpaired) electrons. The average Bonchev–Trinajstić information content (AvgIpc) is 2.67. The minimum atomic E-state index is -1.36. The van der Waals surface area contributed by atoms with Crippen LogP contribution in [0.5, 0.6) is 5.75 Å². The first-order valence-electron chi connectivity index (χ1n) is 9.15.